The summed E-state index contributed by atoms with van der Waals surface area (Å²) in [5.74, 6) is -4.03. The van der Waals surface area contributed by atoms with Gasteiger partial charge in [-0.25, -0.2) is 0 Å². The van der Waals surface area contributed by atoms with Gasteiger partial charge in [0.05, 0.1) is 6.42 Å². The van der Waals surface area contributed by atoms with E-state index in [-0.39, 0.29) is 12.8 Å². The Morgan fingerprint density at radius 3 is 1.77 bits per heavy atom. The lowest BCUT2D eigenvalue weighted by molar-refractivity contribution is -0.148. The maximum absolute atomic E-state index is 11.7. The van der Waals surface area contributed by atoms with E-state index in [0.717, 1.165) is 12.8 Å². The summed E-state index contributed by atoms with van der Waals surface area (Å²) in [5.41, 5.74) is 0. The van der Waals surface area contributed by atoms with Gasteiger partial charge >= 0.3 is 11.9 Å². The van der Waals surface area contributed by atoms with Gasteiger partial charge < -0.3 is 10.2 Å². The minimum atomic E-state index is -5.07. The van der Waals surface area contributed by atoms with E-state index in [1.54, 1.807) is 6.92 Å². The Hall–Kier alpha value is -1.15. The zero-order valence-electron chi connectivity index (χ0n) is 13.3. The summed E-state index contributed by atoms with van der Waals surface area (Å²) >= 11 is 0. The molecule has 2 atom stereocenters. The van der Waals surface area contributed by atoms with Crippen molar-refractivity contribution in [3.05, 3.63) is 0 Å². The molecule has 3 N–H and O–H groups in total. The zero-order chi connectivity index (χ0) is 17.6. The molecule has 0 radical (unpaired) electrons. The third-order valence-electron chi connectivity index (χ3n) is 4.47. The molecule has 7 nitrogen and oxygen atoms in total. The monoisotopic (exact) mass is 338 g/mol. The summed E-state index contributed by atoms with van der Waals surface area (Å²) in [4.78, 5) is 22.6. The van der Waals surface area contributed by atoms with Gasteiger partial charge in [-0.05, 0) is 18.3 Å². The molecule has 0 rings (SSSR count). The highest BCUT2D eigenvalue weighted by Gasteiger charge is 2.57. The summed E-state index contributed by atoms with van der Waals surface area (Å²) < 4.78 is 30.2. The van der Waals surface area contributed by atoms with Crippen LogP contribution >= 0.6 is 0 Å². The highest BCUT2D eigenvalue weighted by Crippen LogP contribution is 2.37. The first-order valence-corrected chi connectivity index (χ1v) is 8.92. The number of rotatable bonds is 11. The normalized spacial score (nSPS) is 16.2. The molecular weight excluding hydrogens is 312 g/mol. The number of carbonyl (C=O) groups is 2. The van der Waals surface area contributed by atoms with Gasteiger partial charge in [0, 0.05) is 0 Å². The van der Waals surface area contributed by atoms with Gasteiger partial charge in [-0.1, -0.05) is 46.5 Å². The third kappa shape index (κ3) is 4.67. The molecular formula is C14H26O7S. The molecule has 130 valence electrons. The standard InChI is InChI=1S/C14H26O7S/c1-4-10(5-2)7-8-11(6-3)14(13(17)18,9-12(15)16)22(19,20)21/h10-11H,4-9H2,1-3H3,(H,15,16)(H,17,18)(H,19,20,21). The van der Waals surface area contributed by atoms with Crippen molar-refractivity contribution < 1.29 is 32.8 Å². The van der Waals surface area contributed by atoms with Crippen LogP contribution in [0.2, 0.25) is 0 Å². The summed E-state index contributed by atoms with van der Waals surface area (Å²) in [7, 11) is -5.07. The van der Waals surface area contributed by atoms with Gasteiger partial charge in [0.2, 0.25) is 4.75 Å². The first kappa shape index (κ1) is 20.9. The Kier molecular flexibility index (Phi) is 8.03. The Balaban J connectivity index is 5.70. The first-order valence-electron chi connectivity index (χ1n) is 7.48. The van der Waals surface area contributed by atoms with Crippen LogP contribution in [0.4, 0.5) is 0 Å². The molecule has 22 heavy (non-hydrogen) atoms. The van der Waals surface area contributed by atoms with E-state index in [2.05, 4.69) is 0 Å². The highest BCUT2D eigenvalue weighted by molar-refractivity contribution is 7.88. The number of hydrogen-bond acceptors (Lipinski definition) is 4. The van der Waals surface area contributed by atoms with Gasteiger partial charge in [-0.3, -0.25) is 14.1 Å². The largest absolute Gasteiger partial charge is 0.481 e. The minimum Gasteiger partial charge on any atom is -0.481 e. The van der Waals surface area contributed by atoms with Crippen LogP contribution in [-0.4, -0.2) is 39.9 Å². The van der Waals surface area contributed by atoms with Crippen molar-refractivity contribution in [2.24, 2.45) is 11.8 Å². The molecule has 0 amide bonds. The molecule has 0 spiro atoms. The number of carboxylic acids is 2. The molecule has 0 aliphatic carbocycles. The van der Waals surface area contributed by atoms with Gasteiger partial charge in [0.15, 0.2) is 0 Å². The average molecular weight is 338 g/mol. The molecule has 0 aromatic heterocycles. The van der Waals surface area contributed by atoms with E-state index < -0.39 is 39.1 Å². The second kappa shape index (κ2) is 8.47. The van der Waals surface area contributed by atoms with E-state index in [4.69, 9.17) is 5.11 Å². The van der Waals surface area contributed by atoms with Crippen LogP contribution in [0.1, 0.15) is 59.3 Å². The summed E-state index contributed by atoms with van der Waals surface area (Å²) in [6, 6.07) is 0. The maximum atomic E-state index is 11.7. The second-order valence-electron chi connectivity index (χ2n) is 5.61. The summed E-state index contributed by atoms with van der Waals surface area (Å²) in [6.07, 6.45) is 1.58. The van der Waals surface area contributed by atoms with Gasteiger partial charge in [0.25, 0.3) is 10.1 Å². The van der Waals surface area contributed by atoms with Crippen LogP contribution in [0.15, 0.2) is 0 Å². The summed E-state index contributed by atoms with van der Waals surface area (Å²) in [5, 5.41) is 18.3. The minimum absolute atomic E-state index is 0.152. The van der Waals surface area contributed by atoms with Crippen molar-refractivity contribution in [1.29, 1.82) is 0 Å². The van der Waals surface area contributed by atoms with Crippen LogP contribution in [0.25, 0.3) is 0 Å². The van der Waals surface area contributed by atoms with Crippen LogP contribution in [-0.2, 0) is 19.7 Å². The lowest BCUT2D eigenvalue weighted by Gasteiger charge is -2.33. The summed E-state index contributed by atoms with van der Waals surface area (Å²) in [6.45, 7) is 5.57. The zero-order valence-corrected chi connectivity index (χ0v) is 14.1. The van der Waals surface area contributed by atoms with E-state index in [0.29, 0.717) is 12.3 Å². The molecule has 8 heteroatoms. The van der Waals surface area contributed by atoms with E-state index >= 15 is 0 Å². The Bertz CT molecular complexity index is 481. The molecule has 0 aromatic carbocycles. The van der Waals surface area contributed by atoms with Crippen LogP contribution in [0, 0.1) is 11.8 Å². The average Bonchev–Trinajstić information content (AvgIpc) is 2.40. The predicted molar refractivity (Wildman–Crippen MR) is 81.3 cm³/mol. The van der Waals surface area contributed by atoms with Gasteiger partial charge in [-0.2, -0.15) is 8.42 Å². The Labute approximate surface area is 131 Å². The highest BCUT2D eigenvalue weighted by atomic mass is 32.2. The first-order chi connectivity index (χ1) is 10.1. The topological polar surface area (TPSA) is 129 Å². The van der Waals surface area contributed by atoms with Gasteiger partial charge in [-0.15, -0.1) is 0 Å². The number of carboxylic acid groups (broad SMARTS) is 2. The lowest BCUT2D eigenvalue weighted by atomic mass is 9.80. The lowest BCUT2D eigenvalue weighted by Crippen LogP contribution is -2.53. The molecule has 0 bridgehead atoms. The Morgan fingerprint density at radius 1 is 1.00 bits per heavy atom. The fourth-order valence-corrected chi connectivity index (χ4v) is 4.16. The van der Waals surface area contributed by atoms with Gasteiger partial charge in [0.1, 0.15) is 0 Å². The van der Waals surface area contributed by atoms with Crippen molar-refractivity contribution in [1.82, 2.24) is 0 Å². The molecule has 0 heterocycles. The molecule has 2 unspecified atom stereocenters. The number of hydrogen-bond donors (Lipinski definition) is 3. The van der Waals surface area contributed by atoms with Crippen molar-refractivity contribution >= 4 is 22.1 Å². The fraction of sp³-hybridized carbons (Fsp3) is 0.857. The molecule has 0 saturated carbocycles. The van der Waals surface area contributed by atoms with E-state index in [1.807, 2.05) is 13.8 Å². The fourth-order valence-electron chi connectivity index (χ4n) is 2.93. The Morgan fingerprint density at radius 2 is 1.50 bits per heavy atom. The number of aliphatic carboxylic acids is 2. The van der Waals surface area contributed by atoms with Crippen molar-refractivity contribution in [3.8, 4) is 0 Å². The molecule has 0 aliphatic heterocycles. The SMILES string of the molecule is CCC(CC)CCC(CC)C(CC(=O)O)(C(=O)O)S(=O)(=O)O. The maximum Gasteiger partial charge on any atom is 0.328 e. The quantitative estimate of drug-likeness (QED) is 0.493. The van der Waals surface area contributed by atoms with Crippen LogP contribution in [0.3, 0.4) is 0 Å². The van der Waals surface area contributed by atoms with E-state index in [1.165, 1.54) is 0 Å². The van der Waals surface area contributed by atoms with Crippen molar-refractivity contribution in [2.75, 3.05) is 0 Å². The molecule has 0 aromatic rings. The molecule has 0 fully saturated rings. The van der Waals surface area contributed by atoms with E-state index in [9.17, 15) is 27.7 Å². The van der Waals surface area contributed by atoms with Crippen molar-refractivity contribution in [3.63, 3.8) is 0 Å². The smallest absolute Gasteiger partial charge is 0.328 e. The van der Waals surface area contributed by atoms with Crippen LogP contribution in [0.5, 0.6) is 0 Å². The second-order valence-corrected chi connectivity index (χ2v) is 7.28. The predicted octanol–water partition coefficient (Wildman–Crippen LogP) is 2.41. The third-order valence-corrected chi connectivity index (χ3v) is 6.04. The van der Waals surface area contributed by atoms with Crippen molar-refractivity contribution in [2.45, 2.75) is 64.0 Å². The molecule has 0 saturated heterocycles. The van der Waals surface area contributed by atoms with Crippen LogP contribution < -0.4 is 0 Å². The molecule has 0 aliphatic rings.